The van der Waals surface area contributed by atoms with E-state index in [2.05, 4.69) is 0 Å². The molecular weight excluding hydrogens is 277 g/mol. The molecule has 3 rings (SSSR count). The standard InChI is InChI=1S/C15H16FNO4/c16-10-5-3-4-9-8-12(21-13(9)10)14(18)17-7-2-1-6-11(17)15(19)20/h3-5,11-12H,1-2,6-8H2,(H,19,20). The molecule has 2 heterocycles. The van der Waals surface area contributed by atoms with Crippen LogP contribution in [0.4, 0.5) is 4.39 Å². The van der Waals surface area contributed by atoms with Gasteiger partial charge in [0.05, 0.1) is 0 Å². The molecule has 2 unspecified atom stereocenters. The van der Waals surface area contributed by atoms with Crippen LogP contribution >= 0.6 is 0 Å². The second kappa shape index (κ2) is 5.35. The fourth-order valence-corrected chi connectivity index (χ4v) is 3.00. The Bertz CT molecular complexity index is 589. The third-order valence-corrected chi connectivity index (χ3v) is 4.06. The number of amides is 1. The Morgan fingerprint density at radius 3 is 2.86 bits per heavy atom. The molecule has 1 N–H and O–H groups in total. The molecule has 0 aromatic heterocycles. The third kappa shape index (κ3) is 2.46. The highest BCUT2D eigenvalue weighted by Crippen LogP contribution is 2.32. The number of hydrogen-bond acceptors (Lipinski definition) is 3. The monoisotopic (exact) mass is 293 g/mol. The van der Waals surface area contributed by atoms with Crippen LogP contribution in [0.2, 0.25) is 0 Å². The van der Waals surface area contributed by atoms with Crippen molar-refractivity contribution in [1.29, 1.82) is 0 Å². The topological polar surface area (TPSA) is 66.8 Å². The fourth-order valence-electron chi connectivity index (χ4n) is 3.00. The Morgan fingerprint density at radius 2 is 2.14 bits per heavy atom. The lowest BCUT2D eigenvalue weighted by molar-refractivity contribution is -0.155. The smallest absolute Gasteiger partial charge is 0.326 e. The molecule has 0 spiro atoms. The summed E-state index contributed by atoms with van der Waals surface area (Å²) in [6.45, 7) is 0.411. The summed E-state index contributed by atoms with van der Waals surface area (Å²) < 4.78 is 19.1. The number of carbonyl (C=O) groups is 2. The molecule has 0 aliphatic carbocycles. The quantitative estimate of drug-likeness (QED) is 0.899. The van der Waals surface area contributed by atoms with Gasteiger partial charge >= 0.3 is 5.97 Å². The summed E-state index contributed by atoms with van der Waals surface area (Å²) in [5.41, 5.74) is 0.650. The van der Waals surface area contributed by atoms with Crippen LogP contribution in [0, 0.1) is 5.82 Å². The molecule has 112 valence electrons. The Hall–Kier alpha value is -2.11. The maximum absolute atomic E-state index is 13.6. The van der Waals surface area contributed by atoms with E-state index in [1.807, 2.05) is 0 Å². The molecule has 6 heteroatoms. The average molecular weight is 293 g/mol. The van der Waals surface area contributed by atoms with Crippen molar-refractivity contribution in [3.05, 3.63) is 29.6 Å². The van der Waals surface area contributed by atoms with E-state index < -0.39 is 23.9 Å². The first-order valence-corrected chi connectivity index (χ1v) is 7.05. The molecule has 2 aliphatic heterocycles. The van der Waals surface area contributed by atoms with Crippen LogP contribution < -0.4 is 4.74 Å². The Labute approximate surface area is 121 Å². The number of ether oxygens (including phenoxy) is 1. The van der Waals surface area contributed by atoms with E-state index >= 15 is 0 Å². The molecule has 1 fully saturated rings. The minimum atomic E-state index is -0.996. The molecule has 2 aliphatic rings. The van der Waals surface area contributed by atoms with Gasteiger partial charge in [-0.1, -0.05) is 12.1 Å². The SMILES string of the molecule is O=C(O)C1CCCCN1C(=O)C1Cc2cccc(F)c2O1. The molecule has 1 aromatic carbocycles. The predicted molar refractivity (Wildman–Crippen MR) is 71.5 cm³/mol. The van der Waals surface area contributed by atoms with Gasteiger partial charge in [0, 0.05) is 18.5 Å². The number of piperidine rings is 1. The van der Waals surface area contributed by atoms with Crippen molar-refractivity contribution < 1.29 is 23.8 Å². The average Bonchev–Trinajstić information content (AvgIpc) is 2.92. The Kier molecular flexibility index (Phi) is 3.53. The normalized spacial score (nSPS) is 24.3. The maximum Gasteiger partial charge on any atom is 0.326 e. The van der Waals surface area contributed by atoms with Crippen molar-refractivity contribution in [2.75, 3.05) is 6.54 Å². The summed E-state index contributed by atoms with van der Waals surface area (Å²) in [6, 6.07) is 3.78. The summed E-state index contributed by atoms with van der Waals surface area (Å²) in [4.78, 5) is 25.1. The first-order valence-electron chi connectivity index (χ1n) is 7.05. The van der Waals surface area contributed by atoms with Gasteiger partial charge in [-0.25, -0.2) is 9.18 Å². The van der Waals surface area contributed by atoms with Gasteiger partial charge in [-0.3, -0.25) is 4.79 Å². The summed E-state index contributed by atoms with van der Waals surface area (Å²) in [5.74, 6) is -1.74. The van der Waals surface area contributed by atoms with Crippen molar-refractivity contribution in [3.63, 3.8) is 0 Å². The van der Waals surface area contributed by atoms with Crippen LogP contribution in [0.1, 0.15) is 24.8 Å². The highest BCUT2D eigenvalue weighted by atomic mass is 19.1. The lowest BCUT2D eigenvalue weighted by Gasteiger charge is -2.34. The first-order chi connectivity index (χ1) is 10.1. The molecular formula is C15H16FNO4. The highest BCUT2D eigenvalue weighted by Gasteiger charge is 2.39. The van der Waals surface area contributed by atoms with Gasteiger partial charge in [0.1, 0.15) is 6.04 Å². The number of benzene rings is 1. The van der Waals surface area contributed by atoms with E-state index in [1.165, 1.54) is 11.0 Å². The molecule has 5 nitrogen and oxygen atoms in total. The number of likely N-dealkylation sites (tertiary alicyclic amines) is 1. The number of aliphatic carboxylic acids is 1. The minimum absolute atomic E-state index is 0.111. The van der Waals surface area contributed by atoms with Gasteiger partial charge in [0.25, 0.3) is 5.91 Å². The van der Waals surface area contributed by atoms with Crippen LogP contribution in [0.15, 0.2) is 18.2 Å². The minimum Gasteiger partial charge on any atom is -0.480 e. The molecule has 0 radical (unpaired) electrons. The van der Waals surface area contributed by atoms with Gasteiger partial charge in [-0.05, 0) is 25.3 Å². The van der Waals surface area contributed by atoms with Crippen LogP contribution in [0.25, 0.3) is 0 Å². The zero-order chi connectivity index (χ0) is 15.0. The number of carboxylic acids is 1. The van der Waals surface area contributed by atoms with Crippen LogP contribution in [-0.2, 0) is 16.0 Å². The molecule has 2 atom stereocenters. The highest BCUT2D eigenvalue weighted by molar-refractivity contribution is 5.87. The molecule has 1 aromatic rings. The molecule has 21 heavy (non-hydrogen) atoms. The van der Waals surface area contributed by atoms with E-state index in [-0.39, 0.29) is 18.1 Å². The number of hydrogen-bond donors (Lipinski definition) is 1. The van der Waals surface area contributed by atoms with Gasteiger partial charge in [0.2, 0.25) is 0 Å². The maximum atomic E-state index is 13.6. The lowest BCUT2D eigenvalue weighted by Crippen LogP contribution is -2.52. The number of fused-ring (bicyclic) bond motifs is 1. The molecule has 0 bridgehead atoms. The summed E-state index contributed by atoms with van der Waals surface area (Å²) >= 11 is 0. The van der Waals surface area contributed by atoms with Crippen molar-refractivity contribution in [3.8, 4) is 5.75 Å². The van der Waals surface area contributed by atoms with E-state index in [4.69, 9.17) is 4.74 Å². The van der Waals surface area contributed by atoms with E-state index in [0.717, 1.165) is 12.8 Å². The number of halogens is 1. The number of para-hydroxylation sites is 1. The first kappa shape index (κ1) is 13.9. The van der Waals surface area contributed by atoms with Crippen LogP contribution in [0.3, 0.4) is 0 Å². The summed E-state index contributed by atoms with van der Waals surface area (Å²) in [5, 5.41) is 9.22. The predicted octanol–water partition coefficient (Wildman–Crippen LogP) is 1.59. The number of nitrogens with zero attached hydrogens (tertiary/aromatic N) is 1. The van der Waals surface area contributed by atoms with E-state index in [0.29, 0.717) is 18.5 Å². The van der Waals surface area contributed by atoms with Crippen molar-refractivity contribution >= 4 is 11.9 Å². The second-order valence-electron chi connectivity index (χ2n) is 5.42. The van der Waals surface area contributed by atoms with Gasteiger partial charge in [-0.15, -0.1) is 0 Å². The van der Waals surface area contributed by atoms with E-state index in [9.17, 15) is 19.1 Å². The van der Waals surface area contributed by atoms with E-state index in [1.54, 1.807) is 12.1 Å². The molecule has 0 saturated carbocycles. The molecule has 1 saturated heterocycles. The van der Waals surface area contributed by atoms with Crippen molar-refractivity contribution in [2.45, 2.75) is 37.8 Å². The van der Waals surface area contributed by atoms with Gasteiger partial charge in [-0.2, -0.15) is 0 Å². The van der Waals surface area contributed by atoms with Gasteiger partial charge in [0.15, 0.2) is 17.7 Å². The number of rotatable bonds is 2. The van der Waals surface area contributed by atoms with Crippen LogP contribution in [-0.4, -0.2) is 40.6 Å². The summed E-state index contributed by atoms with van der Waals surface area (Å²) in [7, 11) is 0. The van der Waals surface area contributed by atoms with Crippen molar-refractivity contribution in [2.24, 2.45) is 0 Å². The summed E-state index contributed by atoms with van der Waals surface area (Å²) in [6.07, 6.45) is 1.49. The fraction of sp³-hybridized carbons (Fsp3) is 0.467. The zero-order valence-corrected chi connectivity index (χ0v) is 11.4. The Morgan fingerprint density at radius 1 is 1.33 bits per heavy atom. The Balaban J connectivity index is 1.78. The number of carboxylic acid groups (broad SMARTS) is 1. The van der Waals surface area contributed by atoms with Gasteiger partial charge < -0.3 is 14.7 Å². The largest absolute Gasteiger partial charge is 0.480 e. The number of carbonyl (C=O) groups excluding carboxylic acids is 1. The zero-order valence-electron chi connectivity index (χ0n) is 11.4. The third-order valence-electron chi connectivity index (χ3n) is 4.06. The second-order valence-corrected chi connectivity index (χ2v) is 5.42. The lowest BCUT2D eigenvalue weighted by atomic mass is 10.0. The van der Waals surface area contributed by atoms with Crippen molar-refractivity contribution in [1.82, 2.24) is 4.90 Å². The molecule has 1 amide bonds. The van der Waals surface area contributed by atoms with Crippen LogP contribution in [0.5, 0.6) is 5.75 Å².